The van der Waals surface area contributed by atoms with Crippen LogP contribution in [0.4, 0.5) is 0 Å². The molecule has 0 heterocycles. The van der Waals surface area contributed by atoms with Crippen molar-refractivity contribution >= 4 is 29.9 Å². The third-order valence-electron chi connectivity index (χ3n) is 3.90. The first-order valence-electron chi connectivity index (χ1n) is 8.59. The van der Waals surface area contributed by atoms with Gasteiger partial charge in [0, 0.05) is 18.7 Å². The number of rotatable bonds is 7. The largest absolute Gasteiger partial charge is 0.504 e. The fourth-order valence-corrected chi connectivity index (χ4v) is 2.52. The average Bonchev–Trinajstić information content (AvgIpc) is 2.64. The molecule has 0 saturated heterocycles. The van der Waals surface area contributed by atoms with E-state index in [4.69, 9.17) is 9.47 Å². The number of aryl methyl sites for hydroxylation is 1. The Bertz CT molecular complexity index is 766. The number of benzene rings is 2. The highest BCUT2D eigenvalue weighted by Gasteiger charge is 2.06. The maximum Gasteiger partial charge on any atom is 0.191 e. The number of hydrogen-bond acceptors (Lipinski definition) is 4. The maximum absolute atomic E-state index is 9.87. The first kappa shape index (κ1) is 22.9. The molecule has 7 heteroatoms. The summed E-state index contributed by atoms with van der Waals surface area (Å²) >= 11 is 0. The lowest BCUT2D eigenvalue weighted by Gasteiger charge is -2.14. The zero-order valence-electron chi connectivity index (χ0n) is 16.2. The summed E-state index contributed by atoms with van der Waals surface area (Å²) in [6.07, 6.45) is 0. The van der Waals surface area contributed by atoms with E-state index >= 15 is 0 Å². The monoisotopic (exact) mass is 485 g/mol. The quantitative estimate of drug-likeness (QED) is 0.318. The summed E-state index contributed by atoms with van der Waals surface area (Å²) in [5.41, 5.74) is 3.12. The summed E-state index contributed by atoms with van der Waals surface area (Å²) in [4.78, 5) is 4.57. The molecule has 148 valence electrons. The number of nitrogens with one attached hydrogen (secondary N) is 2. The molecule has 0 radical (unpaired) electrons. The van der Waals surface area contributed by atoms with Gasteiger partial charge in [0.1, 0.15) is 5.75 Å². The maximum atomic E-state index is 9.87. The number of methoxy groups -OCH3 is 2. The van der Waals surface area contributed by atoms with Crippen molar-refractivity contribution in [2.75, 3.05) is 20.8 Å². The Hall–Kier alpha value is -2.16. The van der Waals surface area contributed by atoms with Gasteiger partial charge in [-0.25, -0.2) is 4.99 Å². The lowest BCUT2D eigenvalue weighted by atomic mass is 10.1. The van der Waals surface area contributed by atoms with Crippen LogP contribution in [-0.4, -0.2) is 31.8 Å². The van der Waals surface area contributed by atoms with Gasteiger partial charge < -0.3 is 25.2 Å². The smallest absolute Gasteiger partial charge is 0.191 e. The minimum absolute atomic E-state index is 0. The summed E-state index contributed by atoms with van der Waals surface area (Å²) in [7, 11) is 3.20. The molecule has 0 aromatic heterocycles. The number of aromatic hydroxyl groups is 1. The van der Waals surface area contributed by atoms with Crippen LogP contribution in [-0.2, 0) is 13.1 Å². The number of halogens is 1. The first-order chi connectivity index (χ1) is 12.6. The van der Waals surface area contributed by atoms with Crippen molar-refractivity contribution in [3.05, 3.63) is 53.1 Å². The van der Waals surface area contributed by atoms with Crippen molar-refractivity contribution in [1.82, 2.24) is 10.6 Å². The van der Waals surface area contributed by atoms with Gasteiger partial charge in [-0.3, -0.25) is 0 Å². The lowest BCUT2D eigenvalue weighted by Crippen LogP contribution is -2.36. The number of aliphatic imine (C=N–C) groups is 1. The number of phenols is 1. The molecule has 0 atom stereocenters. The van der Waals surface area contributed by atoms with Crippen molar-refractivity contribution in [2.24, 2.45) is 4.99 Å². The molecule has 0 aliphatic rings. The Balaban J connectivity index is 0.00000364. The number of hydrogen-bond donors (Lipinski definition) is 3. The minimum atomic E-state index is 0. The van der Waals surface area contributed by atoms with Gasteiger partial charge in [0.15, 0.2) is 17.5 Å². The van der Waals surface area contributed by atoms with Crippen LogP contribution in [0.5, 0.6) is 17.2 Å². The third-order valence-corrected chi connectivity index (χ3v) is 3.90. The first-order valence-corrected chi connectivity index (χ1v) is 8.59. The van der Waals surface area contributed by atoms with E-state index in [-0.39, 0.29) is 29.7 Å². The molecule has 0 fully saturated rings. The standard InChI is InChI=1S/C20H27N3O3.HI/c1-5-21-20(22-12-15-7-9-18(25-3)17(24)11-15)23-13-16-8-6-14(2)10-19(16)26-4;/h6-11,24H,5,12-13H2,1-4H3,(H2,21,22,23);1H. The van der Waals surface area contributed by atoms with Gasteiger partial charge in [-0.2, -0.15) is 0 Å². The Labute approximate surface area is 178 Å². The average molecular weight is 485 g/mol. The number of nitrogens with zero attached hydrogens (tertiary/aromatic N) is 1. The number of guanidine groups is 1. The summed E-state index contributed by atoms with van der Waals surface area (Å²) < 4.78 is 10.5. The molecule has 0 unspecified atom stereocenters. The highest BCUT2D eigenvalue weighted by molar-refractivity contribution is 14.0. The molecular weight excluding hydrogens is 457 g/mol. The van der Waals surface area contributed by atoms with E-state index in [2.05, 4.69) is 21.7 Å². The van der Waals surface area contributed by atoms with E-state index in [1.54, 1.807) is 19.2 Å². The Kier molecular flexibility index (Phi) is 9.77. The van der Waals surface area contributed by atoms with Gasteiger partial charge in [0.2, 0.25) is 0 Å². The highest BCUT2D eigenvalue weighted by Crippen LogP contribution is 2.26. The summed E-state index contributed by atoms with van der Waals surface area (Å²) in [6.45, 7) is 5.85. The Morgan fingerprint density at radius 1 is 1.04 bits per heavy atom. The van der Waals surface area contributed by atoms with Crippen LogP contribution >= 0.6 is 24.0 Å². The van der Waals surface area contributed by atoms with E-state index in [1.165, 1.54) is 7.11 Å². The molecule has 0 bridgehead atoms. The molecule has 0 saturated carbocycles. The van der Waals surface area contributed by atoms with Crippen molar-refractivity contribution in [3.8, 4) is 17.2 Å². The second-order valence-electron chi connectivity index (χ2n) is 5.87. The van der Waals surface area contributed by atoms with Crippen LogP contribution in [0.3, 0.4) is 0 Å². The van der Waals surface area contributed by atoms with Crippen LogP contribution in [0.1, 0.15) is 23.6 Å². The van der Waals surface area contributed by atoms with E-state index in [0.29, 0.717) is 24.8 Å². The van der Waals surface area contributed by atoms with Crippen molar-refractivity contribution in [2.45, 2.75) is 26.9 Å². The van der Waals surface area contributed by atoms with Crippen molar-refractivity contribution < 1.29 is 14.6 Å². The molecule has 2 aromatic carbocycles. The predicted octanol–water partition coefficient (Wildman–Crippen LogP) is 3.59. The number of ether oxygens (including phenoxy) is 2. The van der Waals surface area contributed by atoms with Crippen LogP contribution in [0.15, 0.2) is 41.4 Å². The summed E-state index contributed by atoms with van der Waals surface area (Å²) in [5, 5.41) is 16.4. The molecule has 0 spiro atoms. The lowest BCUT2D eigenvalue weighted by molar-refractivity contribution is 0.373. The summed E-state index contributed by atoms with van der Waals surface area (Å²) in [6, 6.07) is 11.4. The molecule has 2 rings (SSSR count). The van der Waals surface area contributed by atoms with Gasteiger partial charge in [-0.1, -0.05) is 18.2 Å². The molecule has 3 N–H and O–H groups in total. The van der Waals surface area contributed by atoms with Gasteiger partial charge in [0.25, 0.3) is 0 Å². The zero-order valence-corrected chi connectivity index (χ0v) is 18.5. The Morgan fingerprint density at radius 2 is 1.78 bits per heavy atom. The molecular formula is C20H28IN3O3. The van der Waals surface area contributed by atoms with Crippen LogP contribution in [0.25, 0.3) is 0 Å². The van der Waals surface area contributed by atoms with E-state index in [1.807, 2.05) is 32.0 Å². The van der Waals surface area contributed by atoms with Gasteiger partial charge in [-0.05, 0) is 43.2 Å². The van der Waals surface area contributed by atoms with Crippen LogP contribution in [0.2, 0.25) is 0 Å². The molecule has 6 nitrogen and oxygen atoms in total. The topological polar surface area (TPSA) is 75.1 Å². The van der Waals surface area contributed by atoms with Gasteiger partial charge in [0.05, 0.1) is 20.8 Å². The molecule has 0 amide bonds. The van der Waals surface area contributed by atoms with E-state index < -0.39 is 0 Å². The van der Waals surface area contributed by atoms with Crippen molar-refractivity contribution in [1.29, 1.82) is 0 Å². The molecule has 0 aliphatic carbocycles. The van der Waals surface area contributed by atoms with Crippen LogP contribution in [0, 0.1) is 6.92 Å². The minimum Gasteiger partial charge on any atom is -0.504 e. The third kappa shape index (κ3) is 6.82. The van der Waals surface area contributed by atoms with Crippen LogP contribution < -0.4 is 20.1 Å². The summed E-state index contributed by atoms with van der Waals surface area (Å²) in [5.74, 6) is 2.12. The van der Waals surface area contributed by atoms with E-state index in [9.17, 15) is 5.11 Å². The number of phenolic OH excluding ortho intramolecular Hbond substituents is 1. The van der Waals surface area contributed by atoms with Gasteiger partial charge in [-0.15, -0.1) is 24.0 Å². The van der Waals surface area contributed by atoms with Gasteiger partial charge >= 0.3 is 0 Å². The normalized spacial score (nSPS) is 10.7. The SMILES string of the molecule is CCNC(=NCc1ccc(OC)c(O)c1)NCc1ccc(C)cc1OC.I. The fraction of sp³-hybridized carbons (Fsp3) is 0.350. The molecule has 2 aromatic rings. The second kappa shape index (κ2) is 11.5. The van der Waals surface area contributed by atoms with Crippen molar-refractivity contribution in [3.63, 3.8) is 0 Å². The highest BCUT2D eigenvalue weighted by atomic mass is 127. The predicted molar refractivity (Wildman–Crippen MR) is 119 cm³/mol. The fourth-order valence-electron chi connectivity index (χ4n) is 2.52. The second-order valence-corrected chi connectivity index (χ2v) is 5.87. The zero-order chi connectivity index (χ0) is 18.9. The van der Waals surface area contributed by atoms with E-state index in [0.717, 1.165) is 29.0 Å². The molecule has 27 heavy (non-hydrogen) atoms. The Morgan fingerprint density at radius 3 is 2.41 bits per heavy atom. The molecule has 0 aliphatic heterocycles.